The lowest BCUT2D eigenvalue weighted by Gasteiger charge is -2.29. The predicted octanol–water partition coefficient (Wildman–Crippen LogP) is 4.58. The first-order valence-electron chi connectivity index (χ1n) is 7.29. The van der Waals surface area contributed by atoms with Crippen molar-refractivity contribution in [1.29, 1.82) is 0 Å². The molecule has 0 spiro atoms. The lowest BCUT2D eigenvalue weighted by Crippen LogP contribution is -2.35. The van der Waals surface area contributed by atoms with Crippen molar-refractivity contribution >= 4 is 33.2 Å². The Morgan fingerprint density at radius 3 is 2.60 bits per heavy atom. The highest BCUT2D eigenvalue weighted by atomic mass is 79.9. The molecule has 1 aromatic rings. The first kappa shape index (κ1) is 15.4. The highest BCUT2D eigenvalue weighted by molar-refractivity contribution is 9.10. The lowest BCUT2D eigenvalue weighted by atomic mass is 9.77. The van der Waals surface area contributed by atoms with Gasteiger partial charge in [0, 0.05) is 15.6 Å². The van der Waals surface area contributed by atoms with Gasteiger partial charge in [0.05, 0.1) is 5.69 Å². The molecule has 0 heterocycles. The summed E-state index contributed by atoms with van der Waals surface area (Å²) in [6, 6.07) is 5.48. The summed E-state index contributed by atoms with van der Waals surface area (Å²) in [5.74, 6) is 0.697. The topological polar surface area (TPSA) is 55.1 Å². The van der Waals surface area contributed by atoms with Gasteiger partial charge in [0.2, 0.25) is 5.91 Å². The molecule has 110 valence electrons. The fourth-order valence-corrected chi connectivity index (χ4v) is 3.74. The van der Waals surface area contributed by atoms with Gasteiger partial charge in [-0.05, 0) is 59.3 Å². The third kappa shape index (κ3) is 3.35. The summed E-state index contributed by atoms with van der Waals surface area (Å²) in [4.78, 5) is 12.7. The van der Waals surface area contributed by atoms with E-state index >= 15 is 0 Å². The van der Waals surface area contributed by atoms with Crippen LogP contribution in [0.25, 0.3) is 0 Å². The van der Waals surface area contributed by atoms with Gasteiger partial charge in [0.25, 0.3) is 0 Å². The third-order valence-electron chi connectivity index (χ3n) is 4.08. The Morgan fingerprint density at radius 2 is 2.05 bits per heavy atom. The van der Waals surface area contributed by atoms with Gasteiger partial charge in [0.1, 0.15) is 0 Å². The molecule has 3 nitrogen and oxygen atoms in total. The molecule has 0 unspecified atom stereocenters. The largest absolute Gasteiger partial charge is 0.399 e. The Labute approximate surface area is 129 Å². The van der Waals surface area contributed by atoms with E-state index in [1.54, 1.807) is 0 Å². The van der Waals surface area contributed by atoms with Gasteiger partial charge in [0.15, 0.2) is 0 Å². The Balaban J connectivity index is 2.16. The van der Waals surface area contributed by atoms with Crippen LogP contribution in [-0.2, 0) is 4.79 Å². The number of hydrogen-bond donors (Lipinski definition) is 2. The zero-order chi connectivity index (χ0) is 14.8. The van der Waals surface area contributed by atoms with E-state index in [0.29, 0.717) is 11.6 Å². The van der Waals surface area contributed by atoms with Crippen molar-refractivity contribution in [1.82, 2.24) is 0 Å². The predicted molar refractivity (Wildman–Crippen MR) is 87.5 cm³/mol. The number of carbonyl (C=O) groups is 1. The number of nitrogens with one attached hydrogen (secondary N) is 1. The fourth-order valence-electron chi connectivity index (χ4n) is 3.24. The molecule has 1 amide bonds. The van der Waals surface area contributed by atoms with Crippen molar-refractivity contribution in [3.63, 3.8) is 0 Å². The van der Waals surface area contributed by atoms with E-state index in [1.807, 2.05) is 18.2 Å². The average Bonchev–Trinajstić information content (AvgIpc) is 2.81. The minimum absolute atomic E-state index is 0.161. The van der Waals surface area contributed by atoms with Gasteiger partial charge in [-0.15, -0.1) is 0 Å². The van der Waals surface area contributed by atoms with Crippen LogP contribution in [0, 0.1) is 11.3 Å². The van der Waals surface area contributed by atoms with Crippen LogP contribution >= 0.6 is 15.9 Å². The van der Waals surface area contributed by atoms with Crippen LogP contribution in [0.2, 0.25) is 0 Å². The van der Waals surface area contributed by atoms with E-state index in [2.05, 4.69) is 35.1 Å². The summed E-state index contributed by atoms with van der Waals surface area (Å²) in [6.07, 6.45) is 5.28. The number of amides is 1. The first-order chi connectivity index (χ1) is 9.43. The van der Waals surface area contributed by atoms with Gasteiger partial charge in [-0.1, -0.05) is 26.7 Å². The van der Waals surface area contributed by atoms with Crippen molar-refractivity contribution in [2.45, 2.75) is 46.0 Å². The van der Waals surface area contributed by atoms with Crippen LogP contribution in [0.3, 0.4) is 0 Å². The maximum atomic E-state index is 12.7. The fraction of sp³-hybridized carbons (Fsp3) is 0.562. The molecule has 1 saturated carbocycles. The molecule has 0 radical (unpaired) electrons. The maximum Gasteiger partial charge on any atom is 0.230 e. The number of halogens is 1. The number of carbonyl (C=O) groups excluding carboxylic acids is 1. The second-order valence-corrected chi connectivity index (χ2v) is 7.13. The molecule has 2 rings (SSSR count). The molecule has 4 heteroatoms. The molecular formula is C16H23BrN2O. The third-order valence-corrected chi connectivity index (χ3v) is 4.74. The molecule has 0 saturated heterocycles. The van der Waals surface area contributed by atoms with Crippen molar-refractivity contribution in [2.24, 2.45) is 11.3 Å². The quantitative estimate of drug-likeness (QED) is 0.789. The number of anilines is 2. The van der Waals surface area contributed by atoms with E-state index in [1.165, 1.54) is 0 Å². The summed E-state index contributed by atoms with van der Waals surface area (Å²) in [6.45, 7) is 4.37. The molecule has 0 aromatic heterocycles. The van der Waals surface area contributed by atoms with Crippen molar-refractivity contribution in [3.05, 3.63) is 22.7 Å². The van der Waals surface area contributed by atoms with E-state index in [-0.39, 0.29) is 11.3 Å². The molecule has 1 aliphatic carbocycles. The van der Waals surface area contributed by atoms with E-state index in [4.69, 9.17) is 5.73 Å². The van der Waals surface area contributed by atoms with Crippen LogP contribution < -0.4 is 11.1 Å². The second-order valence-electron chi connectivity index (χ2n) is 6.28. The van der Waals surface area contributed by atoms with Gasteiger partial charge in [-0.2, -0.15) is 0 Å². The zero-order valence-electron chi connectivity index (χ0n) is 12.2. The normalized spacial score (nSPS) is 17.4. The molecule has 1 aliphatic rings. The minimum atomic E-state index is -0.186. The standard InChI is InChI=1S/C16H23BrN2O/c1-11(2)10-16(7-3-4-8-16)15(20)19-14-6-5-12(18)9-13(14)17/h5-6,9,11H,3-4,7-8,10,18H2,1-2H3,(H,19,20). The van der Waals surface area contributed by atoms with Gasteiger partial charge in [-0.25, -0.2) is 0 Å². The number of benzene rings is 1. The summed E-state index contributed by atoms with van der Waals surface area (Å²) < 4.78 is 0.837. The van der Waals surface area contributed by atoms with E-state index in [9.17, 15) is 4.79 Å². The first-order valence-corrected chi connectivity index (χ1v) is 8.09. The molecule has 0 bridgehead atoms. The Morgan fingerprint density at radius 1 is 1.40 bits per heavy atom. The summed E-state index contributed by atoms with van der Waals surface area (Å²) in [7, 11) is 0. The van der Waals surface area contributed by atoms with Gasteiger partial charge >= 0.3 is 0 Å². The highest BCUT2D eigenvalue weighted by Gasteiger charge is 2.41. The molecule has 20 heavy (non-hydrogen) atoms. The van der Waals surface area contributed by atoms with Crippen molar-refractivity contribution in [2.75, 3.05) is 11.1 Å². The lowest BCUT2D eigenvalue weighted by molar-refractivity contribution is -0.126. The van der Waals surface area contributed by atoms with Gasteiger partial charge in [-0.3, -0.25) is 4.79 Å². The summed E-state index contributed by atoms with van der Waals surface area (Å²) >= 11 is 3.46. The number of hydrogen-bond acceptors (Lipinski definition) is 2. The van der Waals surface area contributed by atoms with Crippen LogP contribution in [0.15, 0.2) is 22.7 Å². The van der Waals surface area contributed by atoms with Crippen molar-refractivity contribution < 1.29 is 4.79 Å². The molecule has 1 aromatic carbocycles. The Hall–Kier alpha value is -1.03. The van der Waals surface area contributed by atoms with E-state index in [0.717, 1.165) is 42.3 Å². The zero-order valence-corrected chi connectivity index (χ0v) is 13.8. The van der Waals surface area contributed by atoms with Crippen LogP contribution in [0.1, 0.15) is 46.0 Å². The second kappa shape index (κ2) is 6.17. The average molecular weight is 339 g/mol. The molecule has 1 fully saturated rings. The monoisotopic (exact) mass is 338 g/mol. The summed E-state index contributed by atoms with van der Waals surface area (Å²) in [5, 5.41) is 3.08. The Bertz CT molecular complexity index is 493. The molecular weight excluding hydrogens is 316 g/mol. The van der Waals surface area contributed by atoms with Crippen LogP contribution in [0.4, 0.5) is 11.4 Å². The number of nitrogen functional groups attached to an aromatic ring is 1. The molecule has 0 aliphatic heterocycles. The van der Waals surface area contributed by atoms with Crippen molar-refractivity contribution in [3.8, 4) is 0 Å². The smallest absolute Gasteiger partial charge is 0.230 e. The number of rotatable bonds is 4. The summed E-state index contributed by atoms with van der Waals surface area (Å²) in [5.41, 5.74) is 7.04. The maximum absolute atomic E-state index is 12.7. The molecule has 0 atom stereocenters. The van der Waals surface area contributed by atoms with Crippen LogP contribution in [0.5, 0.6) is 0 Å². The SMILES string of the molecule is CC(C)CC1(C(=O)Nc2ccc(N)cc2Br)CCCC1. The molecule has 3 N–H and O–H groups in total. The minimum Gasteiger partial charge on any atom is -0.399 e. The highest BCUT2D eigenvalue weighted by Crippen LogP contribution is 2.44. The van der Waals surface area contributed by atoms with E-state index < -0.39 is 0 Å². The van der Waals surface area contributed by atoms with Gasteiger partial charge < -0.3 is 11.1 Å². The number of nitrogens with two attached hydrogens (primary N) is 1. The Kier molecular flexibility index (Phi) is 4.74. The van der Waals surface area contributed by atoms with Crippen LogP contribution in [-0.4, -0.2) is 5.91 Å².